The van der Waals surface area contributed by atoms with Gasteiger partial charge in [0, 0.05) is 11.1 Å². The molecule has 58 heavy (non-hydrogen) atoms. The SMILES string of the molecule is CCCCCCCCCOc1cc(C(=O)NNC(=O)c2ccc3ccc4cccc5ccc2c3c45)cc(OCCCCCCCCC)c1OCCCCCCCCC. The molecule has 0 spiro atoms. The van der Waals surface area contributed by atoms with E-state index in [1.807, 2.05) is 18.2 Å². The van der Waals surface area contributed by atoms with Crippen LogP contribution in [0.4, 0.5) is 0 Å². The van der Waals surface area contributed by atoms with Gasteiger partial charge in [0.15, 0.2) is 11.5 Å². The van der Waals surface area contributed by atoms with Gasteiger partial charge in [-0.15, -0.1) is 0 Å². The van der Waals surface area contributed by atoms with Crippen LogP contribution in [0.1, 0.15) is 176 Å². The molecule has 7 heteroatoms. The number of nitrogens with one attached hydrogen (secondary N) is 2. The highest BCUT2D eigenvalue weighted by Crippen LogP contribution is 2.40. The van der Waals surface area contributed by atoms with Crippen LogP contribution in [0.3, 0.4) is 0 Å². The summed E-state index contributed by atoms with van der Waals surface area (Å²) in [6.07, 6.45) is 24.8. The van der Waals surface area contributed by atoms with Crippen LogP contribution in [0.2, 0.25) is 0 Å². The second-order valence-corrected chi connectivity index (χ2v) is 16.1. The Hall–Kier alpha value is -4.52. The molecule has 0 atom stereocenters. The summed E-state index contributed by atoms with van der Waals surface area (Å²) in [6.45, 7) is 8.32. The lowest BCUT2D eigenvalue weighted by Crippen LogP contribution is -2.41. The standard InChI is InChI=1S/C51H70N2O5/c1-4-7-10-13-16-19-22-34-56-45-37-42(38-46(57-35-23-20-17-14-11-8-5-2)49(45)58-36-24-21-18-15-12-9-6-3)50(54)52-53-51(55)44-33-31-41-29-28-39-26-25-27-40-30-32-43(44)48(41)47(39)40/h25-33,37-38H,4-24,34-36H2,1-3H3,(H,52,54)(H,53,55). The van der Waals surface area contributed by atoms with Crippen molar-refractivity contribution in [3.05, 3.63) is 77.9 Å². The predicted octanol–water partition coefficient (Wildman–Crippen LogP) is 14.0. The minimum Gasteiger partial charge on any atom is -0.490 e. The van der Waals surface area contributed by atoms with Crippen molar-refractivity contribution in [2.75, 3.05) is 19.8 Å². The highest BCUT2D eigenvalue weighted by Gasteiger charge is 2.21. The molecular weight excluding hydrogens is 721 g/mol. The number of hydrogen-bond donors (Lipinski definition) is 2. The van der Waals surface area contributed by atoms with Crippen LogP contribution in [-0.2, 0) is 0 Å². The summed E-state index contributed by atoms with van der Waals surface area (Å²) in [4.78, 5) is 27.6. The molecule has 2 N–H and O–H groups in total. The topological polar surface area (TPSA) is 85.9 Å². The summed E-state index contributed by atoms with van der Waals surface area (Å²) >= 11 is 0. The number of unbranched alkanes of at least 4 members (excludes halogenated alkanes) is 18. The Labute approximate surface area is 348 Å². The molecule has 0 aliphatic heterocycles. The van der Waals surface area contributed by atoms with Crippen LogP contribution < -0.4 is 25.1 Å². The van der Waals surface area contributed by atoms with E-state index < -0.39 is 5.91 Å². The van der Waals surface area contributed by atoms with Gasteiger partial charge in [0.05, 0.1) is 19.8 Å². The molecular formula is C51H70N2O5. The second kappa shape index (κ2) is 25.1. The summed E-state index contributed by atoms with van der Waals surface area (Å²) in [5.41, 5.74) is 6.23. The van der Waals surface area contributed by atoms with Gasteiger partial charge in [-0.25, -0.2) is 0 Å². The van der Waals surface area contributed by atoms with E-state index in [1.165, 1.54) is 96.3 Å². The number of amides is 2. The van der Waals surface area contributed by atoms with Crippen molar-refractivity contribution in [2.24, 2.45) is 0 Å². The van der Waals surface area contributed by atoms with Gasteiger partial charge in [0.1, 0.15) is 0 Å². The van der Waals surface area contributed by atoms with E-state index >= 15 is 0 Å². The first-order chi connectivity index (χ1) is 28.5. The molecule has 5 aromatic carbocycles. The average molecular weight is 791 g/mol. The fourth-order valence-electron chi connectivity index (χ4n) is 7.97. The van der Waals surface area contributed by atoms with Crippen LogP contribution in [0.15, 0.2) is 66.7 Å². The van der Waals surface area contributed by atoms with Crippen LogP contribution >= 0.6 is 0 Å². The average Bonchev–Trinajstić information content (AvgIpc) is 3.24. The molecule has 0 saturated heterocycles. The minimum absolute atomic E-state index is 0.336. The number of carbonyl (C=O) groups excluding carboxylic acids is 2. The zero-order valence-corrected chi connectivity index (χ0v) is 35.9. The fraction of sp³-hybridized carbons (Fsp3) is 0.529. The summed E-state index contributed by atoms with van der Waals surface area (Å²) < 4.78 is 19.3. The fourth-order valence-corrected chi connectivity index (χ4v) is 7.97. The maximum Gasteiger partial charge on any atom is 0.270 e. The summed E-state index contributed by atoms with van der Waals surface area (Å²) in [5.74, 6) is 0.743. The zero-order chi connectivity index (χ0) is 40.8. The van der Waals surface area contributed by atoms with E-state index in [9.17, 15) is 9.59 Å². The van der Waals surface area contributed by atoms with Gasteiger partial charge in [0.25, 0.3) is 11.8 Å². The first kappa shape index (κ1) is 44.6. The van der Waals surface area contributed by atoms with E-state index in [0.29, 0.717) is 48.2 Å². The molecule has 2 amide bonds. The van der Waals surface area contributed by atoms with Crippen molar-refractivity contribution in [1.82, 2.24) is 10.9 Å². The van der Waals surface area contributed by atoms with E-state index in [4.69, 9.17) is 14.2 Å². The van der Waals surface area contributed by atoms with Crippen LogP contribution in [0, 0.1) is 0 Å². The lowest BCUT2D eigenvalue weighted by atomic mass is 9.92. The van der Waals surface area contributed by atoms with Crippen molar-refractivity contribution in [3.8, 4) is 17.2 Å². The van der Waals surface area contributed by atoms with Crippen molar-refractivity contribution in [3.63, 3.8) is 0 Å². The van der Waals surface area contributed by atoms with Crippen molar-refractivity contribution >= 4 is 44.1 Å². The van der Waals surface area contributed by atoms with Crippen molar-refractivity contribution < 1.29 is 23.8 Å². The highest BCUT2D eigenvalue weighted by atomic mass is 16.5. The molecule has 7 nitrogen and oxygen atoms in total. The number of rotatable bonds is 29. The minimum atomic E-state index is -0.453. The molecule has 0 fully saturated rings. The summed E-state index contributed by atoms with van der Waals surface area (Å²) in [5, 5.41) is 6.36. The number of hydrazine groups is 1. The number of benzene rings is 5. The van der Waals surface area contributed by atoms with Crippen LogP contribution in [0.5, 0.6) is 17.2 Å². The number of carbonyl (C=O) groups is 2. The monoisotopic (exact) mass is 791 g/mol. The summed E-state index contributed by atoms with van der Waals surface area (Å²) in [6, 6.07) is 21.8. The van der Waals surface area contributed by atoms with E-state index in [-0.39, 0.29) is 5.91 Å². The Morgan fingerprint density at radius 1 is 0.448 bits per heavy atom. The quantitative estimate of drug-likeness (QED) is 0.0286. The zero-order valence-electron chi connectivity index (χ0n) is 35.9. The lowest BCUT2D eigenvalue weighted by molar-refractivity contribution is 0.0847. The Kier molecular flexibility index (Phi) is 19.3. The second-order valence-electron chi connectivity index (χ2n) is 16.1. The predicted molar refractivity (Wildman–Crippen MR) is 242 cm³/mol. The Morgan fingerprint density at radius 2 is 0.862 bits per heavy atom. The summed E-state index contributed by atoms with van der Waals surface area (Å²) in [7, 11) is 0. The molecule has 0 heterocycles. The van der Waals surface area contributed by atoms with Gasteiger partial charge >= 0.3 is 0 Å². The van der Waals surface area contributed by atoms with Gasteiger partial charge in [-0.1, -0.05) is 185 Å². The van der Waals surface area contributed by atoms with Gasteiger partial charge in [-0.2, -0.15) is 0 Å². The molecule has 0 saturated carbocycles. The highest BCUT2D eigenvalue weighted by molar-refractivity contribution is 6.26. The third-order valence-electron chi connectivity index (χ3n) is 11.4. The molecule has 5 aromatic rings. The number of ether oxygens (including phenoxy) is 3. The maximum atomic E-state index is 13.9. The van der Waals surface area contributed by atoms with Gasteiger partial charge in [-0.3, -0.25) is 20.4 Å². The van der Waals surface area contributed by atoms with Crippen LogP contribution in [-0.4, -0.2) is 31.6 Å². The van der Waals surface area contributed by atoms with Gasteiger partial charge in [0.2, 0.25) is 5.75 Å². The Morgan fingerprint density at radius 3 is 1.38 bits per heavy atom. The molecule has 0 aliphatic carbocycles. The van der Waals surface area contributed by atoms with Gasteiger partial charge in [-0.05, 0) is 69.8 Å². The first-order valence-electron chi connectivity index (χ1n) is 22.9. The lowest BCUT2D eigenvalue weighted by Gasteiger charge is -2.19. The Bertz CT molecular complexity index is 1920. The van der Waals surface area contributed by atoms with E-state index in [2.05, 4.69) is 68.0 Å². The van der Waals surface area contributed by atoms with Crippen molar-refractivity contribution in [1.29, 1.82) is 0 Å². The third kappa shape index (κ3) is 13.3. The first-order valence-corrected chi connectivity index (χ1v) is 22.9. The normalized spacial score (nSPS) is 11.4. The molecule has 0 aliphatic rings. The maximum absolute atomic E-state index is 13.9. The van der Waals surface area contributed by atoms with Gasteiger partial charge < -0.3 is 14.2 Å². The largest absolute Gasteiger partial charge is 0.490 e. The molecule has 314 valence electrons. The molecule has 0 bridgehead atoms. The molecule has 5 rings (SSSR count). The smallest absolute Gasteiger partial charge is 0.270 e. The van der Waals surface area contributed by atoms with Crippen LogP contribution in [0.25, 0.3) is 32.3 Å². The number of hydrogen-bond acceptors (Lipinski definition) is 5. The molecule has 0 aromatic heterocycles. The third-order valence-corrected chi connectivity index (χ3v) is 11.4. The van der Waals surface area contributed by atoms with Crippen molar-refractivity contribution in [2.45, 2.75) is 156 Å². The molecule has 0 unspecified atom stereocenters. The molecule has 0 radical (unpaired) electrons. The van der Waals surface area contributed by atoms with E-state index in [0.717, 1.165) is 70.8 Å². The Balaban J connectivity index is 1.31. The van der Waals surface area contributed by atoms with E-state index in [1.54, 1.807) is 12.1 Å².